The molecule has 0 unspecified atom stereocenters. The second-order valence-electron chi connectivity index (χ2n) is 6.76. The number of phenols is 1. The van der Waals surface area contributed by atoms with Crippen molar-refractivity contribution in [1.29, 1.82) is 5.26 Å². The lowest BCUT2D eigenvalue weighted by Crippen LogP contribution is -2.04. The van der Waals surface area contributed by atoms with Crippen molar-refractivity contribution in [2.45, 2.75) is 18.9 Å². The molecule has 3 aromatic carbocycles. The topological polar surface area (TPSA) is 69.3 Å². The monoisotopic (exact) mass is 397 g/mol. The average Bonchev–Trinajstić information content (AvgIpc) is 3.19. The Morgan fingerprint density at radius 1 is 1.07 bits per heavy atom. The summed E-state index contributed by atoms with van der Waals surface area (Å²) >= 11 is 1.46. The van der Waals surface area contributed by atoms with Crippen LogP contribution >= 0.6 is 11.3 Å². The summed E-state index contributed by atoms with van der Waals surface area (Å²) in [6, 6.07) is 23.2. The van der Waals surface area contributed by atoms with Crippen molar-refractivity contribution in [3.63, 3.8) is 0 Å². The molecule has 0 radical (unpaired) electrons. The van der Waals surface area contributed by atoms with Crippen LogP contribution in [0.15, 0.2) is 77.1 Å². The molecule has 2 atom stereocenters. The van der Waals surface area contributed by atoms with E-state index in [2.05, 4.69) is 11.1 Å². The van der Waals surface area contributed by atoms with Crippen molar-refractivity contribution in [1.82, 2.24) is 4.98 Å². The quantitative estimate of drug-likeness (QED) is 0.434. The van der Waals surface area contributed by atoms with Gasteiger partial charge in [0.15, 0.2) is 0 Å². The molecule has 0 aliphatic carbocycles. The number of nitrogens with zero attached hydrogens (tertiary/aromatic N) is 3. The third kappa shape index (κ3) is 3.89. The summed E-state index contributed by atoms with van der Waals surface area (Å²) in [6.07, 6.45) is 1.65. The second-order valence-corrected chi connectivity index (χ2v) is 7.65. The van der Waals surface area contributed by atoms with Gasteiger partial charge in [-0.15, -0.1) is 11.3 Å². The average molecular weight is 398 g/mol. The van der Waals surface area contributed by atoms with Gasteiger partial charge in [-0.25, -0.2) is 4.98 Å². The van der Waals surface area contributed by atoms with Crippen molar-refractivity contribution < 1.29 is 5.11 Å². The van der Waals surface area contributed by atoms with Gasteiger partial charge < -0.3 is 5.11 Å². The molecule has 1 aromatic heterocycles. The van der Waals surface area contributed by atoms with Crippen LogP contribution in [-0.2, 0) is 0 Å². The number of fused-ring (bicyclic) bond motifs is 1. The predicted octanol–water partition coefficient (Wildman–Crippen LogP) is 5.78. The van der Waals surface area contributed by atoms with Crippen molar-refractivity contribution in [2.24, 2.45) is 4.99 Å². The Kier molecular flexibility index (Phi) is 5.37. The Morgan fingerprint density at radius 2 is 1.83 bits per heavy atom. The van der Waals surface area contributed by atoms with Crippen LogP contribution in [0.2, 0.25) is 0 Å². The Hall–Kier alpha value is -3.49. The number of rotatable bonds is 5. The van der Waals surface area contributed by atoms with Gasteiger partial charge >= 0.3 is 0 Å². The molecule has 0 aliphatic rings. The number of hydrogen-bond acceptors (Lipinski definition) is 5. The lowest BCUT2D eigenvalue weighted by atomic mass is 9.93. The number of thiazole rings is 1. The highest BCUT2D eigenvalue weighted by Crippen LogP contribution is 2.38. The maximum Gasteiger partial charge on any atom is 0.133 e. The molecular weight excluding hydrogens is 378 g/mol. The van der Waals surface area contributed by atoms with E-state index in [4.69, 9.17) is 4.99 Å². The first kappa shape index (κ1) is 18.9. The van der Waals surface area contributed by atoms with E-state index in [1.165, 1.54) is 11.3 Å². The van der Waals surface area contributed by atoms with E-state index in [0.717, 1.165) is 32.6 Å². The number of aryl methyl sites for hydroxylation is 1. The first-order chi connectivity index (χ1) is 14.2. The number of phenolic OH excluding ortho intramolecular Hbond substituents is 1. The molecule has 1 heterocycles. The van der Waals surface area contributed by atoms with Gasteiger partial charge in [0.05, 0.1) is 6.07 Å². The fourth-order valence-electron chi connectivity index (χ4n) is 3.37. The Balaban J connectivity index is 1.84. The summed E-state index contributed by atoms with van der Waals surface area (Å²) in [5.74, 6) is -0.342. The van der Waals surface area contributed by atoms with Crippen LogP contribution in [0.4, 0.5) is 0 Å². The molecule has 0 spiro atoms. The summed E-state index contributed by atoms with van der Waals surface area (Å²) in [4.78, 5) is 9.22. The molecule has 0 saturated heterocycles. The zero-order valence-electron chi connectivity index (χ0n) is 15.9. The van der Waals surface area contributed by atoms with Crippen molar-refractivity contribution in [2.75, 3.05) is 0 Å². The van der Waals surface area contributed by atoms with Crippen LogP contribution in [0.25, 0.3) is 10.8 Å². The summed E-state index contributed by atoms with van der Waals surface area (Å²) in [7, 11) is 0. The molecule has 4 rings (SSSR count). The molecular formula is C24H19N3OS. The minimum atomic E-state index is -0.531. The fourth-order valence-corrected chi connectivity index (χ4v) is 4.17. The second kappa shape index (κ2) is 8.26. The predicted molar refractivity (Wildman–Crippen MR) is 118 cm³/mol. The highest BCUT2D eigenvalue weighted by Gasteiger charge is 2.21. The first-order valence-electron chi connectivity index (χ1n) is 9.28. The minimum Gasteiger partial charge on any atom is -0.508 e. The molecule has 0 bridgehead atoms. The Bertz CT molecular complexity index is 1210. The summed E-state index contributed by atoms with van der Waals surface area (Å²) < 4.78 is 0. The zero-order chi connectivity index (χ0) is 20.2. The highest BCUT2D eigenvalue weighted by atomic mass is 32.1. The Morgan fingerprint density at radius 3 is 2.55 bits per heavy atom. The van der Waals surface area contributed by atoms with Crippen LogP contribution in [0, 0.1) is 18.3 Å². The zero-order valence-corrected chi connectivity index (χ0v) is 16.7. The molecule has 4 nitrogen and oxygen atoms in total. The van der Waals surface area contributed by atoms with Crippen molar-refractivity contribution in [3.8, 4) is 11.8 Å². The van der Waals surface area contributed by atoms with E-state index in [0.29, 0.717) is 0 Å². The van der Waals surface area contributed by atoms with Gasteiger partial charge in [-0.05, 0) is 29.3 Å². The maximum atomic E-state index is 10.7. The standard InChI is InChI=1S/C24H19N3OS/c1-16-15-29-24(27-16)19(13-25)14-26-23(18-8-3-2-4-9-18)22-20-10-6-5-7-17(20)11-12-21(22)28/h2-12,14-15,19,23,28H,1H3/t19-,23-/m1/s1. The van der Waals surface area contributed by atoms with E-state index in [1.54, 1.807) is 12.3 Å². The van der Waals surface area contributed by atoms with Crippen LogP contribution in [0.3, 0.4) is 0 Å². The van der Waals surface area contributed by atoms with Gasteiger partial charge in [-0.2, -0.15) is 5.26 Å². The molecule has 4 aromatic rings. The number of hydrogen-bond donors (Lipinski definition) is 1. The smallest absolute Gasteiger partial charge is 0.133 e. The molecule has 1 N–H and O–H groups in total. The van der Waals surface area contributed by atoms with Gasteiger partial charge in [-0.3, -0.25) is 4.99 Å². The van der Waals surface area contributed by atoms with Crippen LogP contribution < -0.4 is 0 Å². The van der Waals surface area contributed by atoms with Gasteiger partial charge in [-0.1, -0.05) is 60.7 Å². The first-order valence-corrected chi connectivity index (χ1v) is 10.2. The summed E-state index contributed by atoms with van der Waals surface area (Å²) in [5.41, 5.74) is 2.57. The molecule has 0 fully saturated rings. The normalized spacial score (nSPS) is 13.4. The number of aliphatic imine (C=N–C) groups is 1. The third-order valence-electron chi connectivity index (χ3n) is 4.76. The Labute approximate surface area is 173 Å². The van der Waals surface area contributed by atoms with E-state index >= 15 is 0 Å². The summed E-state index contributed by atoms with van der Waals surface area (Å²) in [5, 5.41) is 25.0. The number of benzene rings is 3. The molecule has 0 amide bonds. The largest absolute Gasteiger partial charge is 0.508 e. The van der Waals surface area contributed by atoms with E-state index < -0.39 is 12.0 Å². The third-order valence-corrected chi connectivity index (χ3v) is 5.81. The SMILES string of the molecule is Cc1csc([C@H](C#N)C=N[C@H](c2ccccc2)c2c(O)ccc3ccccc23)n1. The van der Waals surface area contributed by atoms with Crippen molar-refractivity contribution >= 4 is 28.3 Å². The van der Waals surface area contributed by atoms with E-state index in [-0.39, 0.29) is 5.75 Å². The van der Waals surface area contributed by atoms with Gasteiger partial charge in [0.2, 0.25) is 0 Å². The van der Waals surface area contributed by atoms with E-state index in [9.17, 15) is 10.4 Å². The lowest BCUT2D eigenvalue weighted by Gasteiger charge is -2.18. The summed E-state index contributed by atoms with van der Waals surface area (Å²) in [6.45, 7) is 1.91. The molecule has 0 saturated carbocycles. The van der Waals surface area contributed by atoms with Gasteiger partial charge in [0.1, 0.15) is 22.7 Å². The molecule has 5 heteroatoms. The van der Waals surface area contributed by atoms with Gasteiger partial charge in [0.25, 0.3) is 0 Å². The fraction of sp³-hybridized carbons (Fsp3) is 0.125. The van der Waals surface area contributed by atoms with Crippen LogP contribution in [0.1, 0.15) is 33.8 Å². The minimum absolute atomic E-state index is 0.188. The lowest BCUT2D eigenvalue weighted by molar-refractivity contribution is 0.467. The number of nitriles is 1. The maximum absolute atomic E-state index is 10.7. The van der Waals surface area contributed by atoms with Crippen molar-refractivity contribution in [3.05, 3.63) is 93.9 Å². The van der Waals surface area contributed by atoms with Crippen LogP contribution in [-0.4, -0.2) is 16.3 Å². The molecule has 142 valence electrons. The number of aromatic nitrogens is 1. The molecule has 0 aliphatic heterocycles. The van der Waals surface area contributed by atoms with Crippen LogP contribution in [0.5, 0.6) is 5.75 Å². The van der Waals surface area contributed by atoms with E-state index in [1.807, 2.05) is 73.0 Å². The van der Waals surface area contributed by atoms with Gasteiger partial charge in [0, 0.05) is 22.9 Å². The highest BCUT2D eigenvalue weighted by molar-refractivity contribution is 7.09. The number of aromatic hydroxyl groups is 1. The molecule has 29 heavy (non-hydrogen) atoms.